The van der Waals surface area contributed by atoms with E-state index in [9.17, 15) is 0 Å². The number of aromatic nitrogens is 2. The van der Waals surface area contributed by atoms with Gasteiger partial charge in [0.1, 0.15) is 0 Å². The molecule has 0 aliphatic heterocycles. The molecule has 0 bridgehead atoms. The van der Waals surface area contributed by atoms with Crippen LogP contribution in [0.25, 0.3) is 0 Å². The summed E-state index contributed by atoms with van der Waals surface area (Å²) in [6.45, 7) is 4.60. The molecule has 1 heterocycles. The van der Waals surface area contributed by atoms with Gasteiger partial charge < -0.3 is 9.30 Å². The van der Waals surface area contributed by atoms with Gasteiger partial charge in [-0.25, -0.2) is 4.98 Å². The second-order valence-electron chi connectivity index (χ2n) is 5.36. The fourth-order valence-corrected chi connectivity index (χ4v) is 3.78. The van der Waals surface area contributed by atoms with Crippen molar-refractivity contribution in [1.82, 2.24) is 9.55 Å². The topological polar surface area (TPSA) is 27.1 Å². The molecule has 1 aromatic carbocycles. The van der Waals surface area contributed by atoms with E-state index in [1.54, 1.807) is 12.3 Å². The van der Waals surface area contributed by atoms with Gasteiger partial charge in [-0.05, 0) is 24.1 Å². The molecule has 3 nitrogen and oxygen atoms in total. The zero-order valence-electron chi connectivity index (χ0n) is 13.3. The van der Waals surface area contributed by atoms with E-state index in [1.165, 1.54) is 0 Å². The molecule has 0 aliphatic carbocycles. The van der Waals surface area contributed by atoms with Crippen LogP contribution in [0, 0.1) is 0 Å². The molecular weight excluding hydrogens is 351 g/mol. The molecule has 0 amide bonds. The quantitative estimate of drug-likeness (QED) is 0.528. The molecular formula is C17H22Cl2N2OS. The minimum absolute atomic E-state index is 0.354. The number of imidazole rings is 1. The summed E-state index contributed by atoms with van der Waals surface area (Å²) in [5.41, 5.74) is 1.10. The highest BCUT2D eigenvalue weighted by atomic mass is 35.5. The van der Waals surface area contributed by atoms with Crippen LogP contribution in [0.2, 0.25) is 10.0 Å². The minimum atomic E-state index is 0.354. The van der Waals surface area contributed by atoms with Crippen molar-refractivity contribution in [3.63, 3.8) is 0 Å². The summed E-state index contributed by atoms with van der Waals surface area (Å²) < 4.78 is 7.90. The van der Waals surface area contributed by atoms with Gasteiger partial charge in [0.15, 0.2) is 0 Å². The Kier molecular flexibility index (Phi) is 8.31. The summed E-state index contributed by atoms with van der Waals surface area (Å²) in [7, 11) is 0. The van der Waals surface area contributed by atoms with E-state index in [2.05, 4.69) is 16.5 Å². The lowest BCUT2D eigenvalue weighted by Gasteiger charge is -2.18. The molecule has 0 N–H and O–H groups in total. The maximum Gasteiger partial charge on any atom is 0.0946 e. The van der Waals surface area contributed by atoms with Crippen molar-refractivity contribution in [2.75, 3.05) is 13.2 Å². The average molecular weight is 373 g/mol. The zero-order valence-corrected chi connectivity index (χ0v) is 15.6. The van der Waals surface area contributed by atoms with E-state index in [1.807, 2.05) is 36.4 Å². The van der Waals surface area contributed by atoms with Crippen molar-refractivity contribution in [2.24, 2.45) is 0 Å². The zero-order chi connectivity index (χ0) is 16.5. The number of ether oxygens (including phenoxy) is 1. The first-order chi connectivity index (χ1) is 11.2. The van der Waals surface area contributed by atoms with Crippen molar-refractivity contribution < 1.29 is 4.74 Å². The van der Waals surface area contributed by atoms with Gasteiger partial charge in [0.2, 0.25) is 0 Å². The van der Waals surface area contributed by atoms with Crippen LogP contribution in [-0.2, 0) is 17.0 Å². The second kappa shape index (κ2) is 10.2. The van der Waals surface area contributed by atoms with Gasteiger partial charge >= 0.3 is 0 Å². The maximum absolute atomic E-state index is 6.26. The fraction of sp³-hybridized carbons (Fsp3) is 0.471. The third-order valence-corrected chi connectivity index (χ3v) is 5.23. The lowest BCUT2D eigenvalue weighted by Crippen LogP contribution is -2.19. The average Bonchev–Trinajstić information content (AvgIpc) is 3.03. The van der Waals surface area contributed by atoms with Gasteiger partial charge in [-0.15, -0.1) is 11.8 Å². The van der Waals surface area contributed by atoms with Crippen molar-refractivity contribution in [2.45, 2.75) is 37.3 Å². The Balaban J connectivity index is 1.90. The van der Waals surface area contributed by atoms with Crippen molar-refractivity contribution in [3.8, 4) is 0 Å². The third kappa shape index (κ3) is 6.76. The largest absolute Gasteiger partial charge is 0.380 e. The van der Waals surface area contributed by atoms with Gasteiger partial charge in [-0.3, -0.25) is 0 Å². The number of hydrogen-bond donors (Lipinski definition) is 0. The number of thioether (sulfide) groups is 1. The first kappa shape index (κ1) is 18.7. The summed E-state index contributed by atoms with van der Waals surface area (Å²) in [4.78, 5) is 4.10. The molecule has 0 aliphatic rings. The minimum Gasteiger partial charge on any atom is -0.380 e. The molecule has 2 rings (SSSR count). The molecule has 0 fully saturated rings. The summed E-state index contributed by atoms with van der Waals surface area (Å²) in [5.74, 6) is 0.840. The monoisotopic (exact) mass is 372 g/mol. The molecule has 0 radical (unpaired) electrons. The molecule has 1 aromatic heterocycles. The molecule has 126 valence electrons. The Morgan fingerprint density at radius 3 is 2.91 bits per heavy atom. The van der Waals surface area contributed by atoms with E-state index >= 15 is 0 Å². The molecule has 2 aromatic rings. The summed E-state index contributed by atoms with van der Waals surface area (Å²) in [6.07, 6.45) is 7.88. The molecule has 1 unspecified atom stereocenters. The van der Waals surface area contributed by atoms with Gasteiger partial charge in [0.25, 0.3) is 0 Å². The highest BCUT2D eigenvalue weighted by Crippen LogP contribution is 2.27. The van der Waals surface area contributed by atoms with Crippen LogP contribution in [0.15, 0.2) is 36.9 Å². The Morgan fingerprint density at radius 1 is 1.35 bits per heavy atom. The highest BCUT2D eigenvalue weighted by Gasteiger charge is 2.12. The van der Waals surface area contributed by atoms with E-state index in [-0.39, 0.29) is 0 Å². The summed E-state index contributed by atoms with van der Waals surface area (Å²) in [6, 6.07) is 5.66. The standard InChI is InChI=1S/C17H22Cl2N2OS/c1-2-3-8-22-11-16(10-21-7-6-20-13-21)23-12-14-4-5-15(18)9-17(14)19/h4-7,9,13,16H,2-3,8,10-12H2,1H3. The summed E-state index contributed by atoms with van der Waals surface area (Å²) >= 11 is 14.1. The highest BCUT2D eigenvalue weighted by molar-refractivity contribution is 7.99. The summed E-state index contributed by atoms with van der Waals surface area (Å²) in [5, 5.41) is 1.74. The van der Waals surface area contributed by atoms with Crippen LogP contribution < -0.4 is 0 Å². The molecule has 1 atom stereocenters. The van der Waals surface area contributed by atoms with Crippen molar-refractivity contribution in [1.29, 1.82) is 0 Å². The number of halogens is 2. The van der Waals surface area contributed by atoms with Gasteiger partial charge in [-0.1, -0.05) is 42.6 Å². The van der Waals surface area contributed by atoms with Crippen LogP contribution in [0.4, 0.5) is 0 Å². The van der Waals surface area contributed by atoms with Crippen LogP contribution in [0.5, 0.6) is 0 Å². The molecule has 0 spiro atoms. The number of hydrogen-bond acceptors (Lipinski definition) is 3. The second-order valence-corrected chi connectivity index (χ2v) is 7.49. The Labute approximate surface area is 152 Å². The maximum atomic E-state index is 6.26. The Morgan fingerprint density at radius 2 is 2.22 bits per heavy atom. The van der Waals surface area contributed by atoms with Gasteiger partial charge in [0, 0.05) is 46.6 Å². The number of rotatable bonds is 10. The van der Waals surface area contributed by atoms with E-state index in [4.69, 9.17) is 27.9 Å². The van der Waals surface area contributed by atoms with Crippen LogP contribution in [0.3, 0.4) is 0 Å². The fourth-order valence-electron chi connectivity index (χ4n) is 2.09. The van der Waals surface area contributed by atoms with Gasteiger partial charge in [0.05, 0.1) is 12.9 Å². The van der Waals surface area contributed by atoms with Crippen LogP contribution >= 0.6 is 35.0 Å². The molecule has 0 saturated carbocycles. The number of benzene rings is 1. The Hall–Kier alpha value is -0.680. The van der Waals surface area contributed by atoms with Crippen LogP contribution in [0.1, 0.15) is 25.3 Å². The molecule has 0 saturated heterocycles. The first-order valence-corrected chi connectivity index (χ1v) is 9.58. The SMILES string of the molecule is CCCCOCC(Cn1ccnc1)SCc1ccc(Cl)cc1Cl. The van der Waals surface area contributed by atoms with Gasteiger partial charge in [-0.2, -0.15) is 0 Å². The normalized spacial score (nSPS) is 12.5. The number of nitrogens with zero attached hydrogens (tertiary/aromatic N) is 2. The van der Waals surface area contributed by atoms with Crippen molar-refractivity contribution in [3.05, 3.63) is 52.5 Å². The Bertz CT molecular complexity index is 578. The smallest absolute Gasteiger partial charge is 0.0946 e. The lowest BCUT2D eigenvalue weighted by molar-refractivity contribution is 0.129. The van der Waals surface area contributed by atoms with Crippen LogP contribution in [-0.4, -0.2) is 28.0 Å². The van der Waals surface area contributed by atoms with Crippen molar-refractivity contribution >= 4 is 35.0 Å². The first-order valence-electron chi connectivity index (χ1n) is 7.78. The van der Waals surface area contributed by atoms with E-state index in [0.29, 0.717) is 10.3 Å². The predicted molar refractivity (Wildman–Crippen MR) is 99.5 cm³/mol. The number of unbranched alkanes of at least 4 members (excludes halogenated alkanes) is 1. The molecule has 23 heavy (non-hydrogen) atoms. The van der Waals surface area contributed by atoms with E-state index < -0.39 is 0 Å². The predicted octanol–water partition coefficient (Wildman–Crippen LogP) is 5.31. The lowest BCUT2D eigenvalue weighted by atomic mass is 10.2. The van der Waals surface area contributed by atoms with E-state index in [0.717, 1.165) is 48.9 Å². The molecule has 6 heteroatoms. The third-order valence-electron chi connectivity index (χ3n) is 3.41.